The smallest absolute Gasteiger partial charge is 0.289 e. The normalized spacial score (nSPS) is 18.4. The van der Waals surface area contributed by atoms with Crippen LogP contribution >= 0.6 is 0 Å². The Kier molecular flexibility index (Phi) is 8.90. The Morgan fingerprint density at radius 2 is 1.97 bits per heavy atom. The van der Waals surface area contributed by atoms with Crippen molar-refractivity contribution in [2.24, 2.45) is 17.6 Å². The molecule has 0 aromatic carbocycles. The summed E-state index contributed by atoms with van der Waals surface area (Å²) in [7, 11) is 1.61. The number of nitrogens with one attached hydrogen (secondary N) is 1. The van der Waals surface area contributed by atoms with Gasteiger partial charge in [-0.1, -0.05) is 12.8 Å². The second-order valence-corrected chi connectivity index (χ2v) is 9.01. The van der Waals surface area contributed by atoms with Crippen LogP contribution in [-0.4, -0.2) is 53.5 Å². The van der Waals surface area contributed by atoms with E-state index < -0.39 is 23.4 Å². The van der Waals surface area contributed by atoms with E-state index in [2.05, 4.69) is 15.4 Å². The molecule has 0 aliphatic heterocycles. The first kappa shape index (κ1) is 26.7. The lowest BCUT2D eigenvalue weighted by Crippen LogP contribution is -2.30. The highest BCUT2D eigenvalue weighted by molar-refractivity contribution is 6.04. The van der Waals surface area contributed by atoms with E-state index in [9.17, 15) is 18.4 Å². The van der Waals surface area contributed by atoms with Crippen molar-refractivity contribution in [3.63, 3.8) is 0 Å². The maximum atomic E-state index is 14.3. The van der Waals surface area contributed by atoms with Crippen LogP contribution in [0.25, 0.3) is 0 Å². The van der Waals surface area contributed by atoms with Gasteiger partial charge in [-0.05, 0) is 43.7 Å². The first-order valence-electron chi connectivity index (χ1n) is 11.7. The third-order valence-corrected chi connectivity index (χ3v) is 6.33. The molecule has 2 atom stereocenters. The monoisotopic (exact) mass is 493 g/mol. The molecule has 0 saturated heterocycles. The van der Waals surface area contributed by atoms with Crippen LogP contribution in [0.5, 0.6) is 0 Å². The first-order valence-corrected chi connectivity index (χ1v) is 11.7. The lowest BCUT2D eigenvalue weighted by atomic mass is 9.79. The third kappa shape index (κ3) is 6.82. The van der Waals surface area contributed by atoms with Crippen molar-refractivity contribution in [1.82, 2.24) is 14.8 Å². The Hall–Kier alpha value is -2.92. The van der Waals surface area contributed by atoms with E-state index in [0.717, 1.165) is 32.6 Å². The number of rotatable bonds is 11. The van der Waals surface area contributed by atoms with Crippen molar-refractivity contribution < 1.29 is 27.8 Å². The lowest BCUT2D eigenvalue weighted by molar-refractivity contribution is 0.0103. The number of halogens is 2. The maximum Gasteiger partial charge on any atom is 0.289 e. The van der Waals surface area contributed by atoms with Gasteiger partial charge in [0.2, 0.25) is 0 Å². The summed E-state index contributed by atoms with van der Waals surface area (Å²) in [6.45, 7) is 4.09. The predicted molar refractivity (Wildman–Crippen MR) is 125 cm³/mol. The number of alkyl halides is 2. The lowest BCUT2D eigenvalue weighted by Gasteiger charge is -2.31. The van der Waals surface area contributed by atoms with Crippen LogP contribution in [0.1, 0.15) is 64.8 Å². The summed E-state index contributed by atoms with van der Waals surface area (Å²) >= 11 is 0. The van der Waals surface area contributed by atoms with Crippen LogP contribution in [0.2, 0.25) is 0 Å². The molecule has 1 unspecified atom stereocenters. The summed E-state index contributed by atoms with van der Waals surface area (Å²) < 4.78 is 40.8. The first-order chi connectivity index (χ1) is 16.6. The summed E-state index contributed by atoms with van der Waals surface area (Å²) in [5.74, 6) is -4.21. The van der Waals surface area contributed by atoms with E-state index in [1.807, 2.05) is 0 Å². The molecule has 192 valence electrons. The van der Waals surface area contributed by atoms with Crippen LogP contribution in [0.4, 0.5) is 14.5 Å². The van der Waals surface area contributed by atoms with Crippen molar-refractivity contribution in [1.29, 1.82) is 0 Å². The Labute approximate surface area is 203 Å². The van der Waals surface area contributed by atoms with Crippen LogP contribution < -0.4 is 11.1 Å². The van der Waals surface area contributed by atoms with Crippen LogP contribution in [0, 0.1) is 18.8 Å². The largest absolute Gasteiger partial charge is 0.382 e. The van der Waals surface area contributed by atoms with E-state index >= 15 is 0 Å². The summed E-state index contributed by atoms with van der Waals surface area (Å²) in [6, 6.07) is 2.82. The number of hydrogen-bond acceptors (Lipinski definition) is 6. The summed E-state index contributed by atoms with van der Waals surface area (Å²) in [5.41, 5.74) is 5.26. The third-order valence-electron chi connectivity index (χ3n) is 6.33. The van der Waals surface area contributed by atoms with Crippen LogP contribution in [0.15, 0.2) is 18.3 Å². The van der Waals surface area contributed by atoms with Crippen molar-refractivity contribution >= 4 is 17.5 Å². The van der Waals surface area contributed by atoms with E-state index in [4.69, 9.17) is 15.2 Å². The van der Waals surface area contributed by atoms with Crippen molar-refractivity contribution in [3.05, 3.63) is 41.0 Å². The van der Waals surface area contributed by atoms with Crippen LogP contribution in [-0.2, 0) is 21.9 Å². The number of carbonyl (C=O) groups is 2. The average Bonchev–Trinajstić information content (AvgIpc) is 3.14. The number of primary amides is 1. The highest BCUT2D eigenvalue weighted by Gasteiger charge is 2.36. The van der Waals surface area contributed by atoms with Crippen LogP contribution in [0.3, 0.4) is 0 Å². The standard InChI is InChI=1S/C24H33F2N5O4/c1-15-20(23(33)29-18-8-9-28-19(12-18)22(27)32)31(30-21(15)24(2,25)26)13-16-6-4-5-7-17(16)14-35-11-10-34-3/h8-9,12,16-17H,4-7,10-11,13-14H2,1-3H3,(H2,27,32)(H,28,29,33)/t16?,17-/m1/s1. The molecule has 35 heavy (non-hydrogen) atoms. The quantitative estimate of drug-likeness (QED) is 0.462. The minimum absolute atomic E-state index is 0.0210. The number of ether oxygens (including phenoxy) is 2. The number of carbonyl (C=O) groups excluding carboxylic acids is 2. The van der Waals surface area contributed by atoms with E-state index in [1.54, 1.807) is 7.11 Å². The Morgan fingerprint density at radius 1 is 1.26 bits per heavy atom. The van der Waals surface area contributed by atoms with Gasteiger partial charge >= 0.3 is 0 Å². The van der Waals surface area contributed by atoms with E-state index in [-0.39, 0.29) is 34.5 Å². The van der Waals surface area contributed by atoms with Gasteiger partial charge in [0, 0.05) is 44.6 Å². The molecule has 3 N–H and O–H groups in total. The predicted octanol–water partition coefficient (Wildman–Crippen LogP) is 3.52. The van der Waals surface area contributed by atoms with Crippen molar-refractivity contribution in [3.8, 4) is 0 Å². The molecular formula is C24H33F2N5O4. The molecule has 2 aromatic rings. The van der Waals surface area contributed by atoms with Gasteiger partial charge in [-0.3, -0.25) is 19.3 Å². The van der Waals surface area contributed by atoms with Gasteiger partial charge in [-0.25, -0.2) is 0 Å². The molecule has 1 aliphatic carbocycles. The number of nitrogens with two attached hydrogens (primary N) is 1. The van der Waals surface area contributed by atoms with E-state index in [0.29, 0.717) is 26.4 Å². The fourth-order valence-electron chi connectivity index (χ4n) is 4.56. The number of amides is 2. The highest BCUT2D eigenvalue weighted by Crippen LogP contribution is 2.34. The number of hydrogen-bond donors (Lipinski definition) is 2. The Bertz CT molecular complexity index is 1040. The average molecular weight is 494 g/mol. The molecule has 3 rings (SSSR count). The van der Waals surface area contributed by atoms with E-state index in [1.165, 1.54) is 29.9 Å². The minimum Gasteiger partial charge on any atom is -0.382 e. The number of nitrogens with zero attached hydrogens (tertiary/aromatic N) is 3. The number of aromatic nitrogens is 3. The topological polar surface area (TPSA) is 121 Å². The molecular weight excluding hydrogens is 460 g/mol. The second-order valence-electron chi connectivity index (χ2n) is 9.01. The van der Waals surface area contributed by atoms with Gasteiger partial charge in [0.05, 0.1) is 13.2 Å². The summed E-state index contributed by atoms with van der Waals surface area (Å²) in [5, 5.41) is 6.85. The van der Waals surface area contributed by atoms with Gasteiger partial charge in [-0.15, -0.1) is 0 Å². The van der Waals surface area contributed by atoms with Crippen molar-refractivity contribution in [2.45, 2.75) is 52.0 Å². The molecule has 9 nitrogen and oxygen atoms in total. The summed E-state index contributed by atoms with van der Waals surface area (Å²) in [4.78, 5) is 28.5. The molecule has 2 heterocycles. The molecule has 0 spiro atoms. The number of anilines is 1. The molecule has 1 fully saturated rings. The van der Waals surface area contributed by atoms with Gasteiger partial charge in [0.1, 0.15) is 17.1 Å². The highest BCUT2D eigenvalue weighted by atomic mass is 19.3. The molecule has 2 aromatic heterocycles. The van der Waals surface area contributed by atoms with Crippen molar-refractivity contribution in [2.75, 3.05) is 32.2 Å². The number of methoxy groups -OCH3 is 1. The Balaban J connectivity index is 1.87. The van der Waals surface area contributed by atoms with Gasteiger partial charge in [0.25, 0.3) is 17.7 Å². The van der Waals surface area contributed by atoms with Gasteiger partial charge < -0.3 is 20.5 Å². The molecule has 0 radical (unpaired) electrons. The zero-order valence-electron chi connectivity index (χ0n) is 20.4. The fraction of sp³-hybridized carbons (Fsp3) is 0.583. The van der Waals surface area contributed by atoms with Gasteiger partial charge in [0.15, 0.2) is 0 Å². The second kappa shape index (κ2) is 11.7. The molecule has 1 saturated carbocycles. The SMILES string of the molecule is COCCOC[C@H]1CCCCC1Cn1nc(C(C)(F)F)c(C)c1C(=O)Nc1ccnc(C(N)=O)c1. The summed E-state index contributed by atoms with van der Waals surface area (Å²) in [6.07, 6.45) is 5.28. The molecule has 2 amide bonds. The Morgan fingerprint density at radius 3 is 2.63 bits per heavy atom. The zero-order valence-corrected chi connectivity index (χ0v) is 20.4. The number of pyridine rings is 1. The maximum absolute atomic E-state index is 14.3. The molecule has 11 heteroatoms. The zero-order chi connectivity index (χ0) is 25.6. The molecule has 0 bridgehead atoms. The minimum atomic E-state index is -3.21. The van der Waals surface area contributed by atoms with Gasteiger partial charge in [-0.2, -0.15) is 13.9 Å². The molecule has 1 aliphatic rings. The fourth-order valence-corrected chi connectivity index (χ4v) is 4.56.